The third kappa shape index (κ3) is 3.52. The molecule has 2 aromatic carbocycles. The summed E-state index contributed by atoms with van der Waals surface area (Å²) in [5, 5.41) is 16.5. The minimum atomic E-state index is -0.574. The first-order valence-electron chi connectivity index (χ1n) is 10.3. The molecule has 9 heteroatoms. The van der Waals surface area contributed by atoms with Gasteiger partial charge in [-0.2, -0.15) is 5.10 Å². The van der Waals surface area contributed by atoms with Crippen molar-refractivity contribution in [1.82, 2.24) is 20.2 Å². The summed E-state index contributed by atoms with van der Waals surface area (Å²) >= 11 is 6.30. The van der Waals surface area contributed by atoms with E-state index in [-0.39, 0.29) is 16.5 Å². The van der Waals surface area contributed by atoms with Gasteiger partial charge in [-0.15, -0.1) is 0 Å². The number of rotatable bonds is 4. The van der Waals surface area contributed by atoms with Crippen LogP contribution in [-0.4, -0.2) is 39.0 Å². The van der Waals surface area contributed by atoms with Crippen LogP contribution in [0.4, 0.5) is 0 Å². The van der Waals surface area contributed by atoms with Gasteiger partial charge in [0.2, 0.25) is 0 Å². The highest BCUT2D eigenvalue weighted by molar-refractivity contribution is 6.33. The van der Waals surface area contributed by atoms with E-state index in [1.165, 1.54) is 5.01 Å². The van der Waals surface area contributed by atoms with Crippen molar-refractivity contribution >= 4 is 23.2 Å². The molecule has 0 spiro atoms. The number of carbonyl (C=O) groups is 1. The molecule has 1 atom stereocenters. The summed E-state index contributed by atoms with van der Waals surface area (Å²) < 4.78 is 12.9. The van der Waals surface area contributed by atoms with E-state index >= 15 is 0 Å². The number of aromatic hydroxyl groups is 1. The van der Waals surface area contributed by atoms with E-state index in [1.807, 2.05) is 37.3 Å². The molecule has 1 amide bonds. The van der Waals surface area contributed by atoms with Crippen molar-refractivity contribution in [2.75, 3.05) is 13.2 Å². The molecule has 2 aliphatic heterocycles. The molecule has 32 heavy (non-hydrogen) atoms. The summed E-state index contributed by atoms with van der Waals surface area (Å²) in [4.78, 5) is 13.4. The van der Waals surface area contributed by atoms with E-state index in [1.54, 1.807) is 29.1 Å². The predicted molar refractivity (Wildman–Crippen MR) is 118 cm³/mol. The number of hydrazine groups is 1. The lowest BCUT2D eigenvalue weighted by atomic mass is 10.0. The number of hydrogen-bond donors (Lipinski definition) is 2. The number of para-hydroxylation sites is 1. The van der Waals surface area contributed by atoms with Crippen LogP contribution in [0.3, 0.4) is 0 Å². The zero-order chi connectivity index (χ0) is 22.2. The van der Waals surface area contributed by atoms with Crippen molar-refractivity contribution < 1.29 is 19.4 Å². The number of amides is 1. The zero-order valence-electron chi connectivity index (χ0n) is 17.3. The van der Waals surface area contributed by atoms with Crippen molar-refractivity contribution in [3.8, 4) is 17.2 Å². The largest absolute Gasteiger partial charge is 0.508 e. The van der Waals surface area contributed by atoms with E-state index in [2.05, 4.69) is 10.5 Å². The summed E-state index contributed by atoms with van der Waals surface area (Å²) in [7, 11) is 0. The van der Waals surface area contributed by atoms with Crippen LogP contribution in [0.25, 0.3) is 5.70 Å². The molecule has 0 aliphatic carbocycles. The average molecular weight is 453 g/mol. The van der Waals surface area contributed by atoms with E-state index in [4.69, 9.17) is 21.1 Å². The smallest absolute Gasteiger partial charge is 0.295 e. The van der Waals surface area contributed by atoms with Gasteiger partial charge in [0.1, 0.15) is 25.0 Å². The SMILES string of the molecule is CCn1cc(Cl)c(C(=O)N2NC(c3ccc4c(c3)OCCO4)=CC2c2ccccc2O)n1. The van der Waals surface area contributed by atoms with Crippen LogP contribution in [-0.2, 0) is 6.54 Å². The van der Waals surface area contributed by atoms with E-state index in [9.17, 15) is 9.90 Å². The Labute approximate surface area is 189 Å². The van der Waals surface area contributed by atoms with Crippen molar-refractivity contribution in [2.45, 2.75) is 19.5 Å². The Morgan fingerprint density at radius 2 is 2.00 bits per heavy atom. The Kier molecular flexibility index (Phi) is 5.14. The quantitative estimate of drug-likeness (QED) is 0.626. The molecule has 8 nitrogen and oxygen atoms in total. The molecule has 5 rings (SSSR count). The molecule has 0 saturated heterocycles. The van der Waals surface area contributed by atoms with Gasteiger partial charge in [0.15, 0.2) is 17.2 Å². The second kappa shape index (κ2) is 8.12. The molecule has 2 N–H and O–H groups in total. The first kappa shape index (κ1) is 20.3. The molecule has 3 heterocycles. The van der Waals surface area contributed by atoms with Crippen LogP contribution >= 0.6 is 11.6 Å². The van der Waals surface area contributed by atoms with Gasteiger partial charge in [-0.25, -0.2) is 5.01 Å². The molecule has 0 fully saturated rings. The Hall–Kier alpha value is -3.65. The van der Waals surface area contributed by atoms with Crippen molar-refractivity contribution in [3.63, 3.8) is 0 Å². The number of nitrogens with zero attached hydrogens (tertiary/aromatic N) is 3. The van der Waals surface area contributed by atoms with Crippen molar-refractivity contribution in [1.29, 1.82) is 0 Å². The average Bonchev–Trinajstić information content (AvgIpc) is 3.42. The van der Waals surface area contributed by atoms with E-state index < -0.39 is 11.9 Å². The Morgan fingerprint density at radius 3 is 2.75 bits per heavy atom. The first-order chi connectivity index (χ1) is 15.5. The second-order valence-electron chi connectivity index (χ2n) is 7.41. The highest BCUT2D eigenvalue weighted by Crippen LogP contribution is 2.39. The van der Waals surface area contributed by atoms with Crippen LogP contribution in [0.2, 0.25) is 5.02 Å². The predicted octanol–water partition coefficient (Wildman–Crippen LogP) is 3.78. The van der Waals surface area contributed by atoms with Crippen molar-refractivity contribution in [2.24, 2.45) is 0 Å². The number of phenols is 1. The molecule has 164 valence electrons. The number of hydrogen-bond acceptors (Lipinski definition) is 6. The molecular formula is C23H21ClN4O4. The van der Waals surface area contributed by atoms with Gasteiger partial charge >= 0.3 is 0 Å². The van der Waals surface area contributed by atoms with Crippen LogP contribution in [0.1, 0.15) is 34.6 Å². The van der Waals surface area contributed by atoms with E-state index in [0.29, 0.717) is 42.5 Å². The fourth-order valence-electron chi connectivity index (χ4n) is 3.80. The molecule has 1 aromatic heterocycles. The van der Waals surface area contributed by atoms with Gasteiger partial charge < -0.3 is 14.6 Å². The topological polar surface area (TPSA) is 88.9 Å². The summed E-state index contributed by atoms with van der Waals surface area (Å²) in [6, 6.07) is 11.9. The Morgan fingerprint density at radius 1 is 1.22 bits per heavy atom. The van der Waals surface area contributed by atoms with Gasteiger partial charge in [0, 0.05) is 23.9 Å². The maximum atomic E-state index is 13.4. The number of nitrogens with one attached hydrogen (secondary N) is 1. The number of aryl methyl sites for hydroxylation is 1. The van der Waals surface area contributed by atoms with Gasteiger partial charge in [-0.3, -0.25) is 14.9 Å². The standard InChI is InChI=1S/C23H21ClN4O4/c1-2-27-13-16(24)22(26-27)23(30)28-18(15-5-3-4-6-19(15)29)12-17(25-28)14-7-8-20-21(11-14)32-10-9-31-20/h3-8,11-13,18,25,29H,2,9-10H2,1H3. The minimum absolute atomic E-state index is 0.0851. The number of halogens is 1. The summed E-state index contributed by atoms with van der Waals surface area (Å²) in [5.41, 5.74) is 5.39. The Bertz CT molecular complexity index is 1220. The molecule has 1 unspecified atom stereocenters. The molecule has 0 saturated carbocycles. The normalized spacial score (nSPS) is 17.1. The van der Waals surface area contributed by atoms with E-state index in [0.717, 1.165) is 5.56 Å². The summed E-state index contributed by atoms with van der Waals surface area (Å²) in [5.74, 6) is 1.01. The maximum Gasteiger partial charge on any atom is 0.295 e. The van der Waals surface area contributed by atoms with Crippen LogP contribution in [0, 0.1) is 0 Å². The van der Waals surface area contributed by atoms with Crippen LogP contribution < -0.4 is 14.9 Å². The van der Waals surface area contributed by atoms with Gasteiger partial charge in [-0.1, -0.05) is 29.8 Å². The lowest BCUT2D eigenvalue weighted by Crippen LogP contribution is -2.40. The molecular weight excluding hydrogens is 432 g/mol. The number of ether oxygens (including phenoxy) is 2. The molecule has 0 bridgehead atoms. The molecule has 2 aliphatic rings. The summed E-state index contributed by atoms with van der Waals surface area (Å²) in [6.45, 7) is 3.49. The molecule has 3 aromatic rings. The van der Waals surface area contributed by atoms with Crippen molar-refractivity contribution in [3.05, 3.63) is 76.6 Å². The maximum absolute atomic E-state index is 13.4. The lowest BCUT2D eigenvalue weighted by molar-refractivity contribution is 0.0664. The lowest BCUT2D eigenvalue weighted by Gasteiger charge is -2.25. The zero-order valence-corrected chi connectivity index (χ0v) is 18.0. The number of aromatic nitrogens is 2. The molecule has 0 radical (unpaired) electrons. The number of benzene rings is 2. The van der Waals surface area contributed by atoms with Gasteiger partial charge in [-0.05, 0) is 37.3 Å². The highest BCUT2D eigenvalue weighted by Gasteiger charge is 2.35. The fourth-order valence-corrected chi connectivity index (χ4v) is 4.03. The second-order valence-corrected chi connectivity index (χ2v) is 7.82. The fraction of sp³-hybridized carbons (Fsp3) is 0.217. The number of fused-ring (bicyclic) bond motifs is 1. The first-order valence-corrected chi connectivity index (χ1v) is 10.7. The third-order valence-corrected chi connectivity index (χ3v) is 5.69. The summed E-state index contributed by atoms with van der Waals surface area (Å²) in [6.07, 6.45) is 3.50. The third-order valence-electron chi connectivity index (χ3n) is 5.41. The van der Waals surface area contributed by atoms with Crippen LogP contribution in [0.15, 0.2) is 54.7 Å². The Balaban J connectivity index is 1.54. The van der Waals surface area contributed by atoms with Gasteiger partial charge in [0.05, 0.1) is 10.7 Å². The minimum Gasteiger partial charge on any atom is -0.508 e. The number of phenolic OH excluding ortho intramolecular Hbond substituents is 1. The monoisotopic (exact) mass is 452 g/mol. The highest BCUT2D eigenvalue weighted by atomic mass is 35.5. The van der Waals surface area contributed by atoms with Gasteiger partial charge in [0.25, 0.3) is 5.91 Å². The van der Waals surface area contributed by atoms with Crippen LogP contribution in [0.5, 0.6) is 17.2 Å². The number of carbonyl (C=O) groups excluding carboxylic acids is 1.